The molecule has 0 amide bonds. The van der Waals surface area contributed by atoms with Crippen molar-refractivity contribution in [2.75, 3.05) is 38.2 Å². The van der Waals surface area contributed by atoms with Crippen molar-refractivity contribution in [3.8, 4) is 5.75 Å². The molecule has 1 aliphatic heterocycles. The Bertz CT molecular complexity index is 960. The lowest BCUT2D eigenvalue weighted by Crippen LogP contribution is -2.46. The number of anilines is 1. The minimum absolute atomic E-state index is 0.307. The van der Waals surface area contributed by atoms with E-state index in [9.17, 15) is 4.39 Å². The summed E-state index contributed by atoms with van der Waals surface area (Å²) in [5, 5.41) is 11.1. The van der Waals surface area contributed by atoms with Gasteiger partial charge < -0.3 is 9.64 Å². The molecule has 2 heterocycles. The highest BCUT2D eigenvalue weighted by atomic mass is 35.5. The average Bonchev–Trinajstić information content (AvgIpc) is 2.70. The van der Waals surface area contributed by atoms with Gasteiger partial charge in [-0.15, -0.1) is 5.10 Å². The number of hydrogen-bond acceptors (Lipinski definition) is 5. The van der Waals surface area contributed by atoms with Gasteiger partial charge in [0.1, 0.15) is 11.6 Å². The van der Waals surface area contributed by atoms with Gasteiger partial charge in [-0.25, -0.2) is 4.39 Å². The van der Waals surface area contributed by atoms with E-state index < -0.39 is 0 Å². The van der Waals surface area contributed by atoms with Crippen molar-refractivity contribution in [1.82, 2.24) is 15.1 Å². The molecule has 5 nitrogen and oxygen atoms in total. The molecule has 7 heteroatoms. The summed E-state index contributed by atoms with van der Waals surface area (Å²) in [4.78, 5) is 4.56. The van der Waals surface area contributed by atoms with E-state index >= 15 is 0 Å². The van der Waals surface area contributed by atoms with Crippen molar-refractivity contribution in [3.63, 3.8) is 0 Å². The molecule has 140 valence electrons. The van der Waals surface area contributed by atoms with Crippen molar-refractivity contribution in [2.45, 2.75) is 6.54 Å². The predicted octanol–water partition coefficient (Wildman–Crippen LogP) is 3.75. The first-order valence-electron chi connectivity index (χ1n) is 8.85. The number of ether oxygens (including phenoxy) is 1. The first kappa shape index (κ1) is 17.9. The number of aromatic nitrogens is 2. The van der Waals surface area contributed by atoms with Crippen molar-refractivity contribution < 1.29 is 9.13 Å². The van der Waals surface area contributed by atoms with Gasteiger partial charge in [0, 0.05) is 48.5 Å². The third kappa shape index (κ3) is 3.82. The highest BCUT2D eigenvalue weighted by molar-refractivity contribution is 6.31. The van der Waals surface area contributed by atoms with Crippen LogP contribution in [0.2, 0.25) is 5.02 Å². The second-order valence-corrected chi connectivity index (χ2v) is 7.03. The number of hydrogen-bond donors (Lipinski definition) is 0. The number of benzene rings is 2. The van der Waals surface area contributed by atoms with Gasteiger partial charge in [-0.05, 0) is 35.9 Å². The standard InChI is InChI=1S/C20H20ClFN4O/c1-27-17-5-3-14-12-23-24-20(18(14)11-17)26-8-6-25(7-9-26)13-15-2-4-16(22)10-19(15)21/h2-5,10-12H,6-9,13H2,1H3. The van der Waals surface area contributed by atoms with E-state index in [1.165, 1.54) is 12.1 Å². The van der Waals surface area contributed by atoms with Crippen molar-refractivity contribution in [2.24, 2.45) is 0 Å². The van der Waals surface area contributed by atoms with Gasteiger partial charge in [0.2, 0.25) is 0 Å². The molecule has 0 bridgehead atoms. The van der Waals surface area contributed by atoms with Crippen LogP contribution in [0.4, 0.5) is 10.2 Å². The van der Waals surface area contributed by atoms with Gasteiger partial charge in [0.15, 0.2) is 5.82 Å². The van der Waals surface area contributed by atoms with Gasteiger partial charge in [0.05, 0.1) is 13.3 Å². The molecule has 0 aliphatic carbocycles. The molecular weight excluding hydrogens is 367 g/mol. The zero-order valence-corrected chi connectivity index (χ0v) is 15.8. The van der Waals surface area contributed by atoms with E-state index in [1.54, 1.807) is 19.4 Å². The lowest BCUT2D eigenvalue weighted by atomic mass is 10.1. The summed E-state index contributed by atoms with van der Waals surface area (Å²) in [6.45, 7) is 4.13. The summed E-state index contributed by atoms with van der Waals surface area (Å²) >= 11 is 6.16. The second-order valence-electron chi connectivity index (χ2n) is 6.62. The van der Waals surface area contributed by atoms with E-state index in [0.29, 0.717) is 11.6 Å². The van der Waals surface area contributed by atoms with Crippen LogP contribution in [-0.2, 0) is 6.54 Å². The molecule has 0 radical (unpaired) electrons. The van der Waals surface area contributed by atoms with Crippen molar-refractivity contribution in [1.29, 1.82) is 0 Å². The maximum atomic E-state index is 13.2. The van der Waals surface area contributed by atoms with E-state index in [4.69, 9.17) is 16.3 Å². The molecule has 3 aromatic rings. The summed E-state index contributed by atoms with van der Waals surface area (Å²) in [5.41, 5.74) is 0.946. The van der Waals surface area contributed by atoms with Gasteiger partial charge >= 0.3 is 0 Å². The Morgan fingerprint density at radius 2 is 1.93 bits per heavy atom. The monoisotopic (exact) mass is 386 g/mol. The summed E-state index contributed by atoms with van der Waals surface area (Å²) < 4.78 is 18.6. The average molecular weight is 387 g/mol. The van der Waals surface area contributed by atoms with Crippen LogP contribution in [0.3, 0.4) is 0 Å². The number of fused-ring (bicyclic) bond motifs is 1. The summed E-state index contributed by atoms with van der Waals surface area (Å²) in [6.07, 6.45) is 1.77. The van der Waals surface area contributed by atoms with E-state index in [0.717, 1.165) is 54.1 Å². The van der Waals surface area contributed by atoms with Crippen LogP contribution < -0.4 is 9.64 Å². The fourth-order valence-electron chi connectivity index (χ4n) is 3.41. The van der Waals surface area contributed by atoms with Crippen LogP contribution in [0.25, 0.3) is 10.8 Å². The number of piperazine rings is 1. The van der Waals surface area contributed by atoms with Gasteiger partial charge in [-0.3, -0.25) is 4.90 Å². The lowest BCUT2D eigenvalue weighted by Gasteiger charge is -2.35. The molecule has 2 aromatic carbocycles. The molecule has 0 atom stereocenters. The fraction of sp³-hybridized carbons (Fsp3) is 0.300. The molecule has 27 heavy (non-hydrogen) atoms. The van der Waals surface area contributed by atoms with Crippen LogP contribution in [-0.4, -0.2) is 48.4 Å². The fourth-order valence-corrected chi connectivity index (χ4v) is 3.64. The van der Waals surface area contributed by atoms with Crippen LogP contribution in [0, 0.1) is 5.82 Å². The summed E-state index contributed by atoms with van der Waals surface area (Å²) in [7, 11) is 1.66. The molecular formula is C20H20ClFN4O. The Morgan fingerprint density at radius 3 is 2.67 bits per heavy atom. The molecule has 1 aliphatic rings. The number of methoxy groups -OCH3 is 1. The van der Waals surface area contributed by atoms with Gasteiger partial charge in [0.25, 0.3) is 0 Å². The molecule has 0 N–H and O–H groups in total. The molecule has 1 saturated heterocycles. The van der Waals surface area contributed by atoms with Gasteiger partial charge in [-0.1, -0.05) is 17.7 Å². The maximum absolute atomic E-state index is 13.2. The quantitative estimate of drug-likeness (QED) is 0.683. The van der Waals surface area contributed by atoms with Crippen molar-refractivity contribution in [3.05, 3.63) is 59.0 Å². The molecule has 1 fully saturated rings. The largest absolute Gasteiger partial charge is 0.497 e. The minimum Gasteiger partial charge on any atom is -0.497 e. The Kier molecular flexibility index (Phi) is 5.09. The van der Waals surface area contributed by atoms with E-state index in [-0.39, 0.29) is 5.82 Å². The Hall–Kier alpha value is -2.44. The molecule has 1 aromatic heterocycles. The first-order chi connectivity index (χ1) is 13.1. The summed E-state index contributed by atoms with van der Waals surface area (Å²) in [5.74, 6) is 1.38. The number of halogens is 2. The second kappa shape index (κ2) is 7.66. The summed E-state index contributed by atoms with van der Waals surface area (Å²) in [6, 6.07) is 10.5. The SMILES string of the molecule is COc1ccc2cnnc(N3CCN(Cc4ccc(F)cc4Cl)CC3)c2c1. The molecule has 0 unspecified atom stereocenters. The number of rotatable bonds is 4. The smallest absolute Gasteiger partial charge is 0.159 e. The third-order valence-corrected chi connectivity index (χ3v) is 5.28. The van der Waals surface area contributed by atoms with Gasteiger partial charge in [-0.2, -0.15) is 5.10 Å². The maximum Gasteiger partial charge on any atom is 0.159 e. The Labute approximate surface area is 162 Å². The van der Waals surface area contributed by atoms with E-state index in [2.05, 4.69) is 20.0 Å². The highest BCUT2D eigenvalue weighted by Gasteiger charge is 2.21. The zero-order chi connectivity index (χ0) is 18.8. The zero-order valence-electron chi connectivity index (χ0n) is 15.0. The Balaban J connectivity index is 1.48. The third-order valence-electron chi connectivity index (χ3n) is 4.93. The number of nitrogens with zero attached hydrogens (tertiary/aromatic N) is 4. The normalized spacial score (nSPS) is 15.3. The molecule has 0 saturated carbocycles. The van der Waals surface area contributed by atoms with Crippen LogP contribution in [0.5, 0.6) is 5.75 Å². The van der Waals surface area contributed by atoms with Crippen LogP contribution >= 0.6 is 11.6 Å². The lowest BCUT2D eigenvalue weighted by molar-refractivity contribution is 0.249. The molecule has 0 spiro atoms. The van der Waals surface area contributed by atoms with Crippen LogP contribution in [0.1, 0.15) is 5.56 Å². The first-order valence-corrected chi connectivity index (χ1v) is 9.22. The predicted molar refractivity (Wildman–Crippen MR) is 105 cm³/mol. The highest BCUT2D eigenvalue weighted by Crippen LogP contribution is 2.28. The molecule has 4 rings (SSSR count). The van der Waals surface area contributed by atoms with Crippen molar-refractivity contribution >= 4 is 28.2 Å². The van der Waals surface area contributed by atoms with Crippen LogP contribution in [0.15, 0.2) is 42.6 Å². The topological polar surface area (TPSA) is 41.5 Å². The minimum atomic E-state index is -0.307. The van der Waals surface area contributed by atoms with E-state index in [1.807, 2.05) is 18.2 Å². The Morgan fingerprint density at radius 1 is 1.11 bits per heavy atom.